The van der Waals surface area contributed by atoms with Gasteiger partial charge in [0.15, 0.2) is 6.10 Å². The van der Waals surface area contributed by atoms with E-state index in [-0.39, 0.29) is 23.6 Å². The first-order valence-electron chi connectivity index (χ1n) is 11.5. The van der Waals surface area contributed by atoms with Crippen molar-refractivity contribution in [1.82, 2.24) is 24.4 Å². The Kier molecular flexibility index (Phi) is 6.19. The zero-order valence-corrected chi connectivity index (χ0v) is 19.2. The van der Waals surface area contributed by atoms with Crippen molar-refractivity contribution >= 4 is 5.52 Å². The topological polar surface area (TPSA) is 121 Å². The van der Waals surface area contributed by atoms with E-state index in [2.05, 4.69) is 21.3 Å². The Morgan fingerprint density at radius 1 is 1.20 bits per heavy atom. The molecule has 1 unspecified atom stereocenters. The average Bonchev–Trinajstić information content (AvgIpc) is 3.42. The van der Waals surface area contributed by atoms with E-state index >= 15 is 0 Å². The molecule has 0 aliphatic heterocycles. The molecule has 1 fully saturated rings. The normalized spacial score (nSPS) is 18.9. The Balaban J connectivity index is 1.45. The van der Waals surface area contributed by atoms with E-state index in [9.17, 15) is 19.9 Å². The number of halogens is 1. The summed E-state index contributed by atoms with van der Waals surface area (Å²) in [6.45, 7) is 1.61. The number of pyridine rings is 2. The number of aliphatic hydroxyl groups excluding tert-OH is 2. The summed E-state index contributed by atoms with van der Waals surface area (Å²) in [5.74, 6) is -0.439. The lowest BCUT2D eigenvalue weighted by atomic mass is 9.93. The molecule has 0 amide bonds. The molecule has 0 saturated heterocycles. The molecule has 4 heterocycles. The summed E-state index contributed by atoms with van der Waals surface area (Å²) in [7, 11) is 0. The molecular formula is C25H25FN6O3. The lowest BCUT2D eigenvalue weighted by Gasteiger charge is -2.26. The molecule has 0 radical (unpaired) electrons. The number of aromatic nitrogens is 5. The van der Waals surface area contributed by atoms with Crippen LogP contribution in [0.5, 0.6) is 5.88 Å². The zero-order chi connectivity index (χ0) is 24.5. The fourth-order valence-corrected chi connectivity index (χ4v) is 4.66. The molecule has 0 spiro atoms. The fraction of sp³-hybridized carbons (Fsp3) is 0.360. The Labute approximate surface area is 201 Å². The summed E-state index contributed by atoms with van der Waals surface area (Å²) in [6.07, 6.45) is 6.90. The summed E-state index contributed by atoms with van der Waals surface area (Å²) >= 11 is 0. The number of hydrogen-bond donors (Lipinski definition) is 2. The molecule has 5 rings (SSSR count). The molecule has 0 bridgehead atoms. The van der Waals surface area contributed by atoms with E-state index in [4.69, 9.17) is 4.74 Å². The van der Waals surface area contributed by atoms with E-state index in [1.54, 1.807) is 10.6 Å². The second-order valence-electron chi connectivity index (χ2n) is 8.78. The van der Waals surface area contributed by atoms with Crippen molar-refractivity contribution in [3.8, 4) is 23.1 Å². The summed E-state index contributed by atoms with van der Waals surface area (Å²) in [5.41, 5.74) is 3.98. The van der Waals surface area contributed by atoms with Crippen LogP contribution in [0.3, 0.4) is 0 Å². The first kappa shape index (κ1) is 23.0. The van der Waals surface area contributed by atoms with Crippen molar-refractivity contribution in [3.05, 3.63) is 65.6 Å². The van der Waals surface area contributed by atoms with Crippen LogP contribution in [0, 0.1) is 24.1 Å². The fourth-order valence-electron chi connectivity index (χ4n) is 4.66. The van der Waals surface area contributed by atoms with Gasteiger partial charge in [-0.3, -0.25) is 9.67 Å². The van der Waals surface area contributed by atoms with Gasteiger partial charge in [-0.15, -0.1) is 5.10 Å². The third-order valence-corrected chi connectivity index (χ3v) is 6.58. The van der Waals surface area contributed by atoms with Crippen molar-refractivity contribution in [2.45, 2.75) is 50.9 Å². The molecule has 1 aliphatic rings. The summed E-state index contributed by atoms with van der Waals surface area (Å²) < 4.78 is 22.7. The second-order valence-corrected chi connectivity index (χ2v) is 8.78. The molecular weight excluding hydrogens is 451 g/mol. The van der Waals surface area contributed by atoms with Gasteiger partial charge >= 0.3 is 0 Å². The average molecular weight is 477 g/mol. The Hall–Kier alpha value is -3.81. The number of aliphatic hydroxyl groups is 2. The monoisotopic (exact) mass is 476 g/mol. The van der Waals surface area contributed by atoms with Crippen LogP contribution < -0.4 is 4.74 Å². The van der Waals surface area contributed by atoms with E-state index in [0.717, 1.165) is 48.7 Å². The van der Waals surface area contributed by atoms with Gasteiger partial charge in [0.05, 0.1) is 42.4 Å². The van der Waals surface area contributed by atoms with Crippen LogP contribution in [-0.4, -0.2) is 47.3 Å². The Bertz CT molecular complexity index is 1380. The highest BCUT2D eigenvalue weighted by molar-refractivity contribution is 5.71. The van der Waals surface area contributed by atoms with Gasteiger partial charge in [0.25, 0.3) is 5.88 Å². The minimum atomic E-state index is -0.901. The highest BCUT2D eigenvalue weighted by Crippen LogP contribution is 2.33. The van der Waals surface area contributed by atoms with Crippen molar-refractivity contribution in [2.24, 2.45) is 0 Å². The number of rotatable bonds is 6. The standard InChI is InChI=1S/C25H25FN6O3/c1-15-21(12-29-32(15)18-4-6-19(34)7-5-18)16-2-9-23-20(10-27)25(30-31(23)13-16)35-24(14-33)22-8-3-17(26)11-28-22/h2-3,8-9,11-13,18-19,24,33-34H,4-7,14H2,1H3. The summed E-state index contributed by atoms with van der Waals surface area (Å²) in [5, 5.41) is 38.4. The molecule has 1 saturated carbocycles. The highest BCUT2D eigenvalue weighted by Gasteiger charge is 2.24. The third kappa shape index (κ3) is 4.36. The van der Waals surface area contributed by atoms with Crippen molar-refractivity contribution in [1.29, 1.82) is 5.26 Å². The van der Waals surface area contributed by atoms with Crippen LogP contribution in [0.1, 0.15) is 54.8 Å². The minimum Gasteiger partial charge on any atom is -0.463 e. The molecule has 4 aromatic heterocycles. The number of fused-ring (bicyclic) bond motifs is 1. The van der Waals surface area contributed by atoms with E-state index in [0.29, 0.717) is 11.2 Å². The maximum Gasteiger partial charge on any atom is 0.252 e. The maximum absolute atomic E-state index is 13.2. The molecule has 35 heavy (non-hydrogen) atoms. The van der Waals surface area contributed by atoms with Gasteiger partial charge in [0.1, 0.15) is 17.4 Å². The van der Waals surface area contributed by atoms with Gasteiger partial charge in [-0.1, -0.05) is 6.07 Å². The largest absolute Gasteiger partial charge is 0.463 e. The quantitative estimate of drug-likeness (QED) is 0.437. The number of ether oxygens (including phenoxy) is 1. The Morgan fingerprint density at radius 2 is 2.00 bits per heavy atom. The first-order valence-corrected chi connectivity index (χ1v) is 11.5. The van der Waals surface area contributed by atoms with Gasteiger partial charge in [0.2, 0.25) is 0 Å². The number of nitrogens with zero attached hydrogens (tertiary/aromatic N) is 6. The predicted octanol–water partition coefficient (Wildman–Crippen LogP) is 3.50. The lowest BCUT2D eigenvalue weighted by molar-refractivity contribution is 0.107. The summed E-state index contributed by atoms with van der Waals surface area (Å²) in [6, 6.07) is 8.74. The van der Waals surface area contributed by atoms with Gasteiger partial charge in [-0.2, -0.15) is 10.4 Å². The van der Waals surface area contributed by atoms with Crippen molar-refractivity contribution in [3.63, 3.8) is 0 Å². The molecule has 9 nitrogen and oxygen atoms in total. The van der Waals surface area contributed by atoms with Gasteiger partial charge < -0.3 is 14.9 Å². The molecule has 1 atom stereocenters. The van der Waals surface area contributed by atoms with Crippen LogP contribution in [0.2, 0.25) is 0 Å². The van der Waals surface area contributed by atoms with Gasteiger partial charge in [-0.05, 0) is 50.8 Å². The van der Waals surface area contributed by atoms with Gasteiger partial charge in [0, 0.05) is 23.0 Å². The highest BCUT2D eigenvalue weighted by atomic mass is 19.1. The van der Waals surface area contributed by atoms with Crippen LogP contribution in [0.15, 0.2) is 42.9 Å². The van der Waals surface area contributed by atoms with Crippen LogP contribution >= 0.6 is 0 Å². The zero-order valence-electron chi connectivity index (χ0n) is 19.2. The molecule has 10 heteroatoms. The van der Waals surface area contributed by atoms with Crippen LogP contribution in [0.25, 0.3) is 16.6 Å². The van der Waals surface area contributed by atoms with Crippen molar-refractivity contribution in [2.75, 3.05) is 6.61 Å². The molecule has 0 aromatic carbocycles. The number of nitriles is 1. The van der Waals surface area contributed by atoms with Gasteiger partial charge in [-0.25, -0.2) is 8.91 Å². The Morgan fingerprint density at radius 3 is 2.69 bits per heavy atom. The first-order chi connectivity index (χ1) is 17.0. The molecule has 2 N–H and O–H groups in total. The molecule has 1 aliphatic carbocycles. The lowest BCUT2D eigenvalue weighted by Crippen LogP contribution is -2.22. The van der Waals surface area contributed by atoms with E-state index in [1.807, 2.05) is 30.1 Å². The summed E-state index contributed by atoms with van der Waals surface area (Å²) in [4.78, 5) is 3.96. The van der Waals surface area contributed by atoms with E-state index in [1.165, 1.54) is 12.1 Å². The second kappa shape index (κ2) is 9.44. The third-order valence-electron chi connectivity index (χ3n) is 6.58. The maximum atomic E-state index is 13.2. The molecule has 180 valence electrons. The SMILES string of the molecule is Cc1c(-c2ccc3c(C#N)c(OC(CO)c4ccc(F)cn4)nn3c2)cnn1C1CCC(O)CC1. The van der Waals surface area contributed by atoms with Crippen LogP contribution in [-0.2, 0) is 0 Å². The smallest absolute Gasteiger partial charge is 0.252 e. The van der Waals surface area contributed by atoms with Crippen LogP contribution in [0.4, 0.5) is 4.39 Å². The minimum absolute atomic E-state index is 0.0583. The predicted molar refractivity (Wildman–Crippen MR) is 124 cm³/mol. The van der Waals surface area contributed by atoms with E-state index < -0.39 is 18.5 Å². The number of hydrogen-bond acceptors (Lipinski definition) is 7. The molecule has 4 aromatic rings. The van der Waals surface area contributed by atoms with Crippen molar-refractivity contribution < 1.29 is 19.3 Å².